The summed E-state index contributed by atoms with van der Waals surface area (Å²) in [4.78, 5) is 7.02. The fourth-order valence-electron chi connectivity index (χ4n) is 2.85. The molecule has 0 aliphatic carbocycles. The number of para-hydroxylation sites is 1. The van der Waals surface area contributed by atoms with Crippen LogP contribution in [0.25, 0.3) is 0 Å². The van der Waals surface area contributed by atoms with Gasteiger partial charge in [0.15, 0.2) is 0 Å². The zero-order valence-electron chi connectivity index (χ0n) is 14.4. The van der Waals surface area contributed by atoms with E-state index in [0.717, 1.165) is 18.9 Å². The van der Waals surface area contributed by atoms with Crippen molar-refractivity contribution in [1.29, 1.82) is 0 Å². The minimum atomic E-state index is 0.591. The molecule has 3 heteroatoms. The molecule has 0 amide bonds. The van der Waals surface area contributed by atoms with Gasteiger partial charge in [0.1, 0.15) is 0 Å². The van der Waals surface area contributed by atoms with Crippen molar-refractivity contribution in [2.24, 2.45) is 0 Å². The van der Waals surface area contributed by atoms with Crippen molar-refractivity contribution in [3.63, 3.8) is 0 Å². The maximum absolute atomic E-state index is 4.50. The summed E-state index contributed by atoms with van der Waals surface area (Å²) in [5.74, 6) is 0. The Bertz CT molecular complexity index is 527. The number of unbranched alkanes of at least 4 members (excludes halogenated alkanes) is 1. The number of nitrogens with one attached hydrogen (secondary N) is 1. The monoisotopic (exact) mass is 311 g/mol. The van der Waals surface area contributed by atoms with Crippen LogP contribution in [0.2, 0.25) is 0 Å². The van der Waals surface area contributed by atoms with Crippen molar-refractivity contribution in [1.82, 2.24) is 9.88 Å². The molecular formula is C20H29N3. The van der Waals surface area contributed by atoms with Crippen LogP contribution in [0.1, 0.15) is 45.2 Å². The first-order valence-corrected chi connectivity index (χ1v) is 8.76. The topological polar surface area (TPSA) is 28.2 Å². The molecule has 0 fully saturated rings. The van der Waals surface area contributed by atoms with Gasteiger partial charge in [-0.25, -0.2) is 0 Å². The molecule has 1 aromatic carbocycles. The Morgan fingerprint density at radius 3 is 2.48 bits per heavy atom. The average Bonchev–Trinajstić information content (AvgIpc) is 2.61. The zero-order valence-corrected chi connectivity index (χ0v) is 14.4. The van der Waals surface area contributed by atoms with Gasteiger partial charge in [0, 0.05) is 24.5 Å². The van der Waals surface area contributed by atoms with Crippen LogP contribution in [0, 0.1) is 0 Å². The number of nitrogens with zero attached hydrogens (tertiary/aromatic N) is 2. The summed E-state index contributed by atoms with van der Waals surface area (Å²) in [6.07, 6.45) is 6.83. The molecule has 0 spiro atoms. The first kappa shape index (κ1) is 17.5. The van der Waals surface area contributed by atoms with Crippen molar-refractivity contribution in [2.75, 3.05) is 12.0 Å². The molecule has 0 aliphatic rings. The lowest BCUT2D eigenvalue weighted by molar-refractivity contribution is 0.180. The van der Waals surface area contributed by atoms with Crippen LogP contribution in [0.15, 0.2) is 54.7 Å². The summed E-state index contributed by atoms with van der Waals surface area (Å²) in [6.45, 7) is 6.29. The van der Waals surface area contributed by atoms with Crippen LogP contribution in [0.5, 0.6) is 0 Å². The summed E-state index contributed by atoms with van der Waals surface area (Å²) in [6, 6.07) is 17.2. The molecule has 1 atom stereocenters. The lowest BCUT2D eigenvalue weighted by atomic mass is 10.1. The second-order valence-electron chi connectivity index (χ2n) is 5.97. The van der Waals surface area contributed by atoms with Gasteiger partial charge in [-0.2, -0.15) is 0 Å². The summed E-state index contributed by atoms with van der Waals surface area (Å²) in [5, 5.41) is 3.55. The van der Waals surface area contributed by atoms with Crippen LogP contribution in [0.3, 0.4) is 0 Å². The van der Waals surface area contributed by atoms with Crippen molar-refractivity contribution >= 4 is 5.69 Å². The standard InChI is InChI=1S/C20H29N3/c1-3-5-14-20(4-2)23(16-19-13-9-10-15-21-19)17-22-18-11-7-6-8-12-18/h6-13,15,20,22H,3-5,14,16-17H2,1-2H3. The highest BCUT2D eigenvalue weighted by atomic mass is 15.2. The van der Waals surface area contributed by atoms with Crippen molar-refractivity contribution in [2.45, 2.75) is 52.1 Å². The number of rotatable bonds is 10. The summed E-state index contributed by atoms with van der Waals surface area (Å²) >= 11 is 0. The number of hydrogen-bond acceptors (Lipinski definition) is 3. The minimum Gasteiger partial charge on any atom is -0.372 e. The number of anilines is 1. The predicted octanol–water partition coefficient (Wildman–Crippen LogP) is 4.92. The molecule has 1 unspecified atom stereocenters. The SMILES string of the molecule is CCCCC(CC)N(CNc1ccccc1)Cc1ccccn1. The second-order valence-corrected chi connectivity index (χ2v) is 5.97. The Morgan fingerprint density at radius 1 is 1.04 bits per heavy atom. The van der Waals surface area contributed by atoms with E-state index in [4.69, 9.17) is 0 Å². The largest absolute Gasteiger partial charge is 0.372 e. The predicted molar refractivity (Wildman–Crippen MR) is 98.3 cm³/mol. The smallest absolute Gasteiger partial charge is 0.0684 e. The maximum Gasteiger partial charge on any atom is 0.0684 e. The van der Waals surface area contributed by atoms with Gasteiger partial charge in [-0.05, 0) is 37.1 Å². The molecule has 0 saturated carbocycles. The van der Waals surface area contributed by atoms with Gasteiger partial charge < -0.3 is 5.32 Å². The summed E-state index contributed by atoms with van der Waals surface area (Å²) < 4.78 is 0. The van der Waals surface area contributed by atoms with Crippen LogP contribution in [-0.2, 0) is 6.54 Å². The molecular weight excluding hydrogens is 282 g/mol. The third-order valence-electron chi connectivity index (χ3n) is 4.23. The van der Waals surface area contributed by atoms with Crippen molar-refractivity contribution in [3.05, 3.63) is 60.4 Å². The number of hydrogen-bond donors (Lipinski definition) is 1. The highest BCUT2D eigenvalue weighted by molar-refractivity contribution is 5.42. The lowest BCUT2D eigenvalue weighted by Gasteiger charge is -2.31. The van der Waals surface area contributed by atoms with E-state index in [-0.39, 0.29) is 0 Å². The van der Waals surface area contributed by atoms with Gasteiger partial charge in [0.2, 0.25) is 0 Å². The fraction of sp³-hybridized carbons (Fsp3) is 0.450. The van der Waals surface area contributed by atoms with Gasteiger partial charge in [-0.15, -0.1) is 0 Å². The maximum atomic E-state index is 4.50. The van der Waals surface area contributed by atoms with Gasteiger partial charge in [-0.1, -0.05) is 51.0 Å². The number of pyridine rings is 1. The Balaban J connectivity index is 2.03. The number of benzene rings is 1. The van der Waals surface area contributed by atoms with Gasteiger partial charge in [0.05, 0.1) is 12.4 Å². The average molecular weight is 311 g/mol. The molecule has 0 bridgehead atoms. The quantitative estimate of drug-likeness (QED) is 0.631. The molecule has 3 nitrogen and oxygen atoms in total. The van der Waals surface area contributed by atoms with Gasteiger partial charge in [-0.3, -0.25) is 9.88 Å². The Hall–Kier alpha value is -1.87. The van der Waals surface area contributed by atoms with E-state index < -0.39 is 0 Å². The van der Waals surface area contributed by atoms with E-state index in [0.29, 0.717) is 6.04 Å². The molecule has 2 aromatic rings. The normalized spacial score (nSPS) is 12.3. The number of aromatic nitrogens is 1. The molecule has 1 N–H and O–H groups in total. The summed E-state index contributed by atoms with van der Waals surface area (Å²) in [5.41, 5.74) is 2.31. The van der Waals surface area contributed by atoms with Crippen LogP contribution in [-0.4, -0.2) is 22.6 Å². The Labute approximate surface area is 140 Å². The lowest BCUT2D eigenvalue weighted by Crippen LogP contribution is -2.38. The van der Waals surface area contributed by atoms with Crippen LogP contribution in [0.4, 0.5) is 5.69 Å². The third-order valence-corrected chi connectivity index (χ3v) is 4.23. The highest BCUT2D eigenvalue weighted by Crippen LogP contribution is 2.16. The van der Waals surface area contributed by atoms with E-state index in [1.165, 1.54) is 31.4 Å². The first-order valence-electron chi connectivity index (χ1n) is 8.76. The van der Waals surface area contributed by atoms with Crippen molar-refractivity contribution < 1.29 is 0 Å². The third kappa shape index (κ3) is 6.03. The van der Waals surface area contributed by atoms with E-state index >= 15 is 0 Å². The fourth-order valence-corrected chi connectivity index (χ4v) is 2.85. The Morgan fingerprint density at radius 2 is 1.83 bits per heavy atom. The molecule has 124 valence electrons. The van der Waals surface area contributed by atoms with E-state index in [1.807, 2.05) is 18.3 Å². The molecule has 0 radical (unpaired) electrons. The van der Waals surface area contributed by atoms with E-state index in [2.05, 4.69) is 65.4 Å². The highest BCUT2D eigenvalue weighted by Gasteiger charge is 2.17. The minimum absolute atomic E-state index is 0.591. The van der Waals surface area contributed by atoms with Crippen LogP contribution < -0.4 is 5.32 Å². The molecule has 1 aromatic heterocycles. The molecule has 1 heterocycles. The first-order chi connectivity index (χ1) is 11.3. The Kier molecular flexibility index (Phi) is 7.61. The molecule has 0 saturated heterocycles. The zero-order chi connectivity index (χ0) is 16.3. The van der Waals surface area contributed by atoms with E-state index in [1.54, 1.807) is 0 Å². The van der Waals surface area contributed by atoms with E-state index in [9.17, 15) is 0 Å². The van der Waals surface area contributed by atoms with Gasteiger partial charge >= 0.3 is 0 Å². The molecule has 0 aliphatic heterocycles. The van der Waals surface area contributed by atoms with Crippen LogP contribution >= 0.6 is 0 Å². The van der Waals surface area contributed by atoms with Crippen molar-refractivity contribution in [3.8, 4) is 0 Å². The second kappa shape index (κ2) is 10.0. The molecule has 2 rings (SSSR count). The summed E-state index contributed by atoms with van der Waals surface area (Å²) in [7, 11) is 0. The van der Waals surface area contributed by atoms with Gasteiger partial charge in [0.25, 0.3) is 0 Å². The molecule has 23 heavy (non-hydrogen) atoms.